The molecule has 0 radical (unpaired) electrons. The highest BCUT2D eigenvalue weighted by atomic mass is 32.2. The molecule has 0 saturated carbocycles. The van der Waals surface area contributed by atoms with Crippen LogP contribution in [0.25, 0.3) is 0 Å². The van der Waals surface area contributed by atoms with Crippen molar-refractivity contribution in [2.24, 2.45) is 0 Å². The zero-order chi connectivity index (χ0) is 20.0. The second-order valence-corrected chi connectivity index (χ2v) is 6.84. The molecule has 2 rings (SSSR count). The molecule has 1 amide bonds. The third-order valence-electron chi connectivity index (χ3n) is 3.32. The van der Waals surface area contributed by atoms with Crippen molar-refractivity contribution < 1.29 is 32.2 Å². The minimum absolute atomic E-state index is 0.0282. The number of methoxy groups -OCH3 is 3. The molecule has 0 saturated heterocycles. The van der Waals surface area contributed by atoms with Crippen LogP contribution in [0.15, 0.2) is 30.3 Å². The van der Waals surface area contributed by atoms with E-state index >= 15 is 0 Å². The molecule has 144 valence electrons. The summed E-state index contributed by atoms with van der Waals surface area (Å²) in [5, 5.41) is 0. The lowest BCUT2D eigenvalue weighted by atomic mass is 10.1. The molecule has 0 unspecified atom stereocenters. The number of rotatable bonds is 7. The maximum absolute atomic E-state index is 12.4. The molecule has 1 aromatic carbocycles. The summed E-state index contributed by atoms with van der Waals surface area (Å²) in [6, 6.07) is 7.33. The second kappa shape index (κ2) is 8.45. The molecule has 0 aliphatic rings. The van der Waals surface area contributed by atoms with E-state index in [1.54, 1.807) is 12.1 Å². The number of aromatic nitrogens is 2. The Morgan fingerprint density at radius 1 is 1.04 bits per heavy atom. The van der Waals surface area contributed by atoms with E-state index in [-0.39, 0.29) is 22.9 Å². The molecule has 1 aromatic heterocycles. The summed E-state index contributed by atoms with van der Waals surface area (Å²) < 4.78 is 41.0. The maximum atomic E-state index is 12.4. The molecule has 0 fully saturated rings. The predicted molar refractivity (Wildman–Crippen MR) is 93.0 cm³/mol. The van der Waals surface area contributed by atoms with Crippen molar-refractivity contribution in [1.82, 2.24) is 14.7 Å². The average molecular weight is 395 g/mol. The van der Waals surface area contributed by atoms with Crippen molar-refractivity contribution in [3.63, 3.8) is 0 Å². The Bertz CT molecular complexity index is 938. The van der Waals surface area contributed by atoms with Gasteiger partial charge in [0.1, 0.15) is 0 Å². The standard InChI is InChI=1S/C16H17N3O7S/c1-24-12-8-13(25-2)18-14(17-12)15(20)19-27(22,23)9-10-6-4-5-7-11(10)16(21)26-3/h4-8H,9H2,1-3H3,(H,19,20). The van der Waals surface area contributed by atoms with Crippen LogP contribution in [-0.4, -0.2) is 51.6 Å². The molecule has 1 N–H and O–H groups in total. The summed E-state index contributed by atoms with van der Waals surface area (Å²) in [7, 11) is -0.324. The van der Waals surface area contributed by atoms with Gasteiger partial charge in [0.2, 0.25) is 27.6 Å². The van der Waals surface area contributed by atoms with Crippen LogP contribution in [0, 0.1) is 0 Å². The van der Waals surface area contributed by atoms with Gasteiger partial charge in [-0.05, 0) is 11.6 Å². The molecule has 0 atom stereocenters. The van der Waals surface area contributed by atoms with Crippen LogP contribution in [0.1, 0.15) is 26.5 Å². The average Bonchev–Trinajstić information content (AvgIpc) is 2.66. The zero-order valence-corrected chi connectivity index (χ0v) is 15.6. The summed E-state index contributed by atoms with van der Waals surface area (Å²) >= 11 is 0. The topological polar surface area (TPSA) is 134 Å². The van der Waals surface area contributed by atoms with E-state index in [2.05, 4.69) is 14.7 Å². The van der Waals surface area contributed by atoms with E-state index in [1.807, 2.05) is 4.72 Å². The van der Waals surface area contributed by atoms with E-state index in [0.29, 0.717) is 0 Å². The van der Waals surface area contributed by atoms with Gasteiger partial charge in [0.25, 0.3) is 0 Å². The highest BCUT2D eigenvalue weighted by Gasteiger charge is 2.23. The summed E-state index contributed by atoms with van der Waals surface area (Å²) in [4.78, 5) is 31.6. The van der Waals surface area contributed by atoms with Gasteiger partial charge in [0.15, 0.2) is 0 Å². The summed E-state index contributed by atoms with van der Waals surface area (Å²) in [5.41, 5.74) is 0.255. The normalized spacial score (nSPS) is 10.8. The van der Waals surface area contributed by atoms with Gasteiger partial charge in [0, 0.05) is 0 Å². The van der Waals surface area contributed by atoms with Gasteiger partial charge in [-0.15, -0.1) is 0 Å². The minimum atomic E-state index is -4.15. The third-order valence-corrected chi connectivity index (χ3v) is 4.50. The Morgan fingerprint density at radius 2 is 1.63 bits per heavy atom. The first-order valence-corrected chi connectivity index (χ1v) is 9.13. The lowest BCUT2D eigenvalue weighted by Crippen LogP contribution is -2.33. The molecule has 0 aliphatic heterocycles. The third kappa shape index (κ3) is 5.14. The van der Waals surface area contributed by atoms with Gasteiger partial charge < -0.3 is 14.2 Å². The predicted octanol–water partition coefficient (Wildman–Crippen LogP) is 0.540. The Hall–Kier alpha value is -3.21. The maximum Gasteiger partial charge on any atom is 0.338 e. The molecule has 10 nitrogen and oxygen atoms in total. The fourth-order valence-electron chi connectivity index (χ4n) is 2.10. The van der Waals surface area contributed by atoms with Crippen molar-refractivity contribution in [2.75, 3.05) is 21.3 Å². The quantitative estimate of drug-likeness (QED) is 0.667. The molecular formula is C16H17N3O7S. The van der Waals surface area contributed by atoms with Gasteiger partial charge >= 0.3 is 11.9 Å². The van der Waals surface area contributed by atoms with Crippen LogP contribution < -0.4 is 14.2 Å². The first kappa shape index (κ1) is 20.1. The minimum Gasteiger partial charge on any atom is -0.481 e. The van der Waals surface area contributed by atoms with Crippen LogP contribution in [0.4, 0.5) is 0 Å². The highest BCUT2D eigenvalue weighted by molar-refractivity contribution is 7.89. The number of nitrogens with zero attached hydrogens (tertiary/aromatic N) is 2. The van der Waals surface area contributed by atoms with Gasteiger partial charge in [-0.25, -0.2) is 17.9 Å². The van der Waals surface area contributed by atoms with Crippen molar-refractivity contribution in [1.29, 1.82) is 0 Å². The van der Waals surface area contributed by atoms with Crippen LogP contribution in [0.2, 0.25) is 0 Å². The first-order chi connectivity index (χ1) is 12.8. The number of carbonyl (C=O) groups is 2. The summed E-state index contributed by atoms with van der Waals surface area (Å²) in [6.07, 6.45) is 0. The fraction of sp³-hybridized carbons (Fsp3) is 0.250. The molecule has 27 heavy (non-hydrogen) atoms. The first-order valence-electron chi connectivity index (χ1n) is 7.47. The Balaban J connectivity index is 2.25. The summed E-state index contributed by atoms with van der Waals surface area (Å²) in [6.45, 7) is 0. The number of carbonyl (C=O) groups excluding carboxylic acids is 2. The molecule has 0 spiro atoms. The lowest BCUT2D eigenvalue weighted by Gasteiger charge is -2.10. The Labute approximate surface area is 155 Å². The van der Waals surface area contributed by atoms with Crippen LogP contribution in [-0.2, 0) is 20.5 Å². The number of esters is 1. The number of hydrogen-bond donors (Lipinski definition) is 1. The van der Waals surface area contributed by atoms with E-state index in [4.69, 9.17) is 9.47 Å². The largest absolute Gasteiger partial charge is 0.481 e. The number of sulfonamides is 1. The van der Waals surface area contributed by atoms with Gasteiger partial charge in [-0.3, -0.25) is 4.79 Å². The smallest absolute Gasteiger partial charge is 0.338 e. The Morgan fingerprint density at radius 3 is 2.19 bits per heavy atom. The Kier molecular flexibility index (Phi) is 6.29. The molecule has 11 heteroatoms. The van der Waals surface area contributed by atoms with Gasteiger partial charge in [0.05, 0.1) is 38.7 Å². The van der Waals surface area contributed by atoms with E-state index < -0.39 is 33.5 Å². The van der Waals surface area contributed by atoms with Crippen molar-refractivity contribution in [3.8, 4) is 11.8 Å². The lowest BCUT2D eigenvalue weighted by molar-refractivity contribution is 0.0599. The van der Waals surface area contributed by atoms with E-state index in [1.165, 1.54) is 39.5 Å². The number of amides is 1. The van der Waals surface area contributed by atoms with E-state index in [9.17, 15) is 18.0 Å². The second-order valence-electron chi connectivity index (χ2n) is 5.12. The van der Waals surface area contributed by atoms with Crippen LogP contribution >= 0.6 is 0 Å². The number of benzene rings is 1. The van der Waals surface area contributed by atoms with Crippen LogP contribution in [0.3, 0.4) is 0 Å². The van der Waals surface area contributed by atoms with Crippen molar-refractivity contribution in [3.05, 3.63) is 47.3 Å². The van der Waals surface area contributed by atoms with Gasteiger partial charge in [-0.1, -0.05) is 18.2 Å². The van der Waals surface area contributed by atoms with Crippen LogP contribution in [0.5, 0.6) is 11.8 Å². The van der Waals surface area contributed by atoms with Crippen molar-refractivity contribution >= 4 is 21.9 Å². The molecule has 2 aromatic rings. The fourth-order valence-corrected chi connectivity index (χ4v) is 3.20. The molecule has 0 bridgehead atoms. The SMILES string of the molecule is COC(=O)c1ccccc1CS(=O)(=O)NC(=O)c1nc(OC)cc(OC)n1. The van der Waals surface area contributed by atoms with Crippen molar-refractivity contribution in [2.45, 2.75) is 5.75 Å². The number of nitrogens with one attached hydrogen (secondary N) is 1. The monoisotopic (exact) mass is 395 g/mol. The highest BCUT2D eigenvalue weighted by Crippen LogP contribution is 2.16. The summed E-state index contributed by atoms with van der Waals surface area (Å²) in [5.74, 6) is -2.77. The molecule has 0 aliphatic carbocycles. The number of hydrogen-bond acceptors (Lipinski definition) is 9. The zero-order valence-electron chi connectivity index (χ0n) is 14.8. The van der Waals surface area contributed by atoms with Gasteiger partial charge in [-0.2, -0.15) is 9.97 Å². The molecule has 1 heterocycles. The van der Waals surface area contributed by atoms with E-state index in [0.717, 1.165) is 0 Å². The molecular weight excluding hydrogens is 378 g/mol. The number of ether oxygens (including phenoxy) is 3.